The number of hydrogen-bond acceptors (Lipinski definition) is 2. The van der Waals surface area contributed by atoms with E-state index in [9.17, 15) is 4.57 Å². The zero-order valence-corrected chi connectivity index (χ0v) is 6.87. The van der Waals surface area contributed by atoms with Crippen LogP contribution in [0.5, 0.6) is 0 Å². The van der Waals surface area contributed by atoms with E-state index in [2.05, 4.69) is 5.32 Å². The molecule has 2 unspecified atom stereocenters. The van der Waals surface area contributed by atoms with Crippen LogP contribution < -0.4 is 5.32 Å². The van der Waals surface area contributed by atoms with Gasteiger partial charge in [-0.3, -0.25) is 5.32 Å². The molecule has 0 amide bonds. The molecule has 2 nitrogen and oxygen atoms in total. The van der Waals surface area contributed by atoms with E-state index in [-0.39, 0.29) is 5.28 Å². The highest BCUT2D eigenvalue weighted by molar-refractivity contribution is 7.45. The third kappa shape index (κ3) is 1.31. The van der Waals surface area contributed by atoms with E-state index >= 15 is 0 Å². The molecule has 2 atom stereocenters. The van der Waals surface area contributed by atoms with Crippen LogP contribution in [0.4, 0.5) is 0 Å². The lowest BCUT2D eigenvalue weighted by Gasteiger charge is -2.08. The average Bonchev–Trinajstić information content (AvgIpc) is 2.16. The van der Waals surface area contributed by atoms with E-state index in [1.165, 1.54) is 6.42 Å². The molecule has 0 bridgehead atoms. The van der Waals surface area contributed by atoms with Crippen molar-refractivity contribution >= 4 is 7.80 Å². The minimum atomic E-state index is -1.04. The van der Waals surface area contributed by atoms with Crippen molar-refractivity contribution in [3.8, 4) is 0 Å². The fourth-order valence-corrected chi connectivity index (χ4v) is 1.95. The van der Waals surface area contributed by atoms with Crippen LogP contribution in [0, 0.1) is 0 Å². The summed E-state index contributed by atoms with van der Waals surface area (Å²) < 4.78 is 11.1. The zero-order chi connectivity index (χ0) is 6.91. The third-order valence-electron chi connectivity index (χ3n) is 2.04. The van der Waals surface area contributed by atoms with Crippen molar-refractivity contribution in [3.63, 3.8) is 0 Å². The van der Waals surface area contributed by atoms with Gasteiger partial charge in [-0.1, -0.05) is 4.57 Å². The van der Waals surface area contributed by atoms with Crippen LogP contribution in [0.25, 0.3) is 0 Å². The molecule has 3 heteroatoms. The van der Waals surface area contributed by atoms with Gasteiger partial charge < -0.3 is 0 Å². The smallest absolute Gasteiger partial charge is 0.271 e. The van der Waals surface area contributed by atoms with Crippen molar-refractivity contribution in [3.05, 3.63) is 0 Å². The topological polar surface area (TPSA) is 29.1 Å². The van der Waals surface area contributed by atoms with Crippen molar-refractivity contribution in [1.29, 1.82) is 0 Å². The van der Waals surface area contributed by atoms with E-state index in [0.29, 0.717) is 0 Å². The standard InChI is InChI=1S/C6H13NOP/c1-6(9(2)8)4-3-5-7-6/h7H,3-5H2,1-2H3/q+1. The summed E-state index contributed by atoms with van der Waals surface area (Å²) in [4.78, 5) is 0. The quantitative estimate of drug-likeness (QED) is 0.568. The van der Waals surface area contributed by atoms with Gasteiger partial charge >= 0.3 is 7.80 Å². The summed E-state index contributed by atoms with van der Waals surface area (Å²) in [5.74, 6) is 0. The summed E-state index contributed by atoms with van der Waals surface area (Å²) >= 11 is 0. The Morgan fingerprint density at radius 2 is 2.33 bits per heavy atom. The zero-order valence-electron chi connectivity index (χ0n) is 5.98. The molecule has 1 heterocycles. The lowest BCUT2D eigenvalue weighted by atomic mass is 10.2. The van der Waals surface area contributed by atoms with Gasteiger partial charge in [0.15, 0.2) is 0 Å². The Morgan fingerprint density at radius 3 is 2.56 bits per heavy atom. The molecule has 0 aromatic rings. The van der Waals surface area contributed by atoms with Crippen LogP contribution in [0.3, 0.4) is 0 Å². The molecular weight excluding hydrogens is 133 g/mol. The first-order chi connectivity index (χ1) is 4.15. The molecule has 0 aromatic heterocycles. The monoisotopic (exact) mass is 146 g/mol. The summed E-state index contributed by atoms with van der Waals surface area (Å²) in [6.45, 7) is 4.87. The van der Waals surface area contributed by atoms with Crippen molar-refractivity contribution in [2.75, 3.05) is 13.2 Å². The molecule has 9 heavy (non-hydrogen) atoms. The summed E-state index contributed by atoms with van der Waals surface area (Å²) in [5.41, 5.74) is 0. The number of hydrogen-bond donors (Lipinski definition) is 1. The highest BCUT2D eigenvalue weighted by Gasteiger charge is 2.42. The second kappa shape index (κ2) is 2.36. The van der Waals surface area contributed by atoms with Gasteiger partial charge in [0.2, 0.25) is 5.28 Å². The Morgan fingerprint density at radius 1 is 1.67 bits per heavy atom. The molecular formula is C6H13NOP+. The van der Waals surface area contributed by atoms with Crippen LogP contribution in [0.1, 0.15) is 19.8 Å². The van der Waals surface area contributed by atoms with E-state index in [1.807, 2.05) is 6.92 Å². The number of nitrogens with one attached hydrogen (secondary N) is 1. The molecule has 1 aliphatic rings. The van der Waals surface area contributed by atoms with Gasteiger partial charge in [0.05, 0.1) is 0 Å². The van der Waals surface area contributed by atoms with E-state index in [4.69, 9.17) is 0 Å². The molecule has 0 aromatic carbocycles. The Bertz CT molecular complexity index is 129. The third-order valence-corrected chi connectivity index (χ3v) is 3.81. The Labute approximate surface area is 56.8 Å². The SMILES string of the molecule is C[P+](=O)C1(C)CCCN1. The first kappa shape index (κ1) is 7.17. The van der Waals surface area contributed by atoms with Crippen LogP contribution in [0.2, 0.25) is 0 Å². The fourth-order valence-electron chi connectivity index (χ4n) is 1.15. The van der Waals surface area contributed by atoms with Gasteiger partial charge in [0.1, 0.15) is 6.66 Å². The summed E-state index contributed by atoms with van der Waals surface area (Å²) in [6, 6.07) is 0. The maximum absolute atomic E-state index is 11.1. The Kier molecular flexibility index (Phi) is 1.88. The molecule has 1 saturated heterocycles. The highest BCUT2D eigenvalue weighted by atomic mass is 31.1. The molecule has 52 valence electrons. The van der Waals surface area contributed by atoms with Crippen LogP contribution >= 0.6 is 7.80 Å². The van der Waals surface area contributed by atoms with Gasteiger partial charge in [-0.2, -0.15) is 0 Å². The molecule has 0 saturated carbocycles. The molecule has 1 fully saturated rings. The molecule has 0 aliphatic carbocycles. The second-order valence-corrected chi connectivity index (χ2v) is 4.78. The van der Waals surface area contributed by atoms with Gasteiger partial charge in [0.25, 0.3) is 0 Å². The lowest BCUT2D eigenvalue weighted by molar-refractivity contribution is 0.523. The molecule has 1 aliphatic heterocycles. The van der Waals surface area contributed by atoms with Crippen molar-refractivity contribution in [2.45, 2.75) is 25.0 Å². The van der Waals surface area contributed by atoms with Crippen LogP contribution in [-0.4, -0.2) is 18.5 Å². The maximum atomic E-state index is 11.1. The van der Waals surface area contributed by atoms with Gasteiger partial charge in [-0.25, -0.2) is 0 Å². The predicted octanol–water partition coefficient (Wildman–Crippen LogP) is 1.54. The van der Waals surface area contributed by atoms with Crippen molar-refractivity contribution in [1.82, 2.24) is 5.32 Å². The van der Waals surface area contributed by atoms with Crippen molar-refractivity contribution in [2.24, 2.45) is 0 Å². The Balaban J connectivity index is 2.61. The Hall–Kier alpha value is 0.0600. The minimum Gasteiger partial charge on any atom is -0.271 e. The normalized spacial score (nSPS) is 36.9. The molecule has 0 radical (unpaired) electrons. The lowest BCUT2D eigenvalue weighted by Crippen LogP contribution is -2.31. The van der Waals surface area contributed by atoms with Gasteiger partial charge in [-0.15, -0.1) is 0 Å². The summed E-state index contributed by atoms with van der Waals surface area (Å²) in [6.07, 6.45) is 2.24. The van der Waals surface area contributed by atoms with E-state index in [1.54, 1.807) is 6.66 Å². The maximum Gasteiger partial charge on any atom is 0.357 e. The van der Waals surface area contributed by atoms with Crippen molar-refractivity contribution < 1.29 is 4.57 Å². The first-order valence-electron chi connectivity index (χ1n) is 3.31. The van der Waals surface area contributed by atoms with E-state index in [0.717, 1.165) is 13.0 Å². The largest absolute Gasteiger partial charge is 0.357 e. The summed E-state index contributed by atoms with van der Waals surface area (Å²) in [5, 5.41) is 3.20. The molecule has 1 rings (SSSR count). The van der Waals surface area contributed by atoms with Gasteiger partial charge in [0, 0.05) is 6.42 Å². The second-order valence-electron chi connectivity index (χ2n) is 2.80. The number of rotatable bonds is 1. The minimum absolute atomic E-state index is 0.0463. The molecule has 1 N–H and O–H groups in total. The average molecular weight is 146 g/mol. The highest BCUT2D eigenvalue weighted by Crippen LogP contribution is 2.39. The van der Waals surface area contributed by atoms with Crippen LogP contribution in [0.15, 0.2) is 0 Å². The fraction of sp³-hybridized carbons (Fsp3) is 1.00. The predicted molar refractivity (Wildman–Crippen MR) is 39.2 cm³/mol. The summed E-state index contributed by atoms with van der Waals surface area (Å²) in [7, 11) is -1.04. The van der Waals surface area contributed by atoms with E-state index < -0.39 is 7.80 Å². The first-order valence-corrected chi connectivity index (χ1v) is 5.02. The van der Waals surface area contributed by atoms with Crippen LogP contribution in [-0.2, 0) is 4.57 Å². The molecule has 0 spiro atoms. The van der Waals surface area contributed by atoms with Gasteiger partial charge in [-0.05, 0) is 19.9 Å².